The Morgan fingerprint density at radius 2 is 1.94 bits per heavy atom. The van der Waals surface area contributed by atoms with Gasteiger partial charge in [-0.05, 0) is 13.0 Å². The molecule has 33 heavy (non-hydrogen) atoms. The Labute approximate surface area is 192 Å². The number of hydrogen-bond donors (Lipinski definition) is 1. The average molecular weight is 462 g/mol. The lowest BCUT2D eigenvalue weighted by molar-refractivity contribution is -0.154. The highest BCUT2D eigenvalue weighted by atomic mass is 16.6. The maximum Gasteiger partial charge on any atom is 0.313 e. The van der Waals surface area contributed by atoms with Crippen molar-refractivity contribution in [2.45, 2.75) is 30.7 Å². The number of fused-ring (bicyclic) bond motifs is 2. The molecule has 0 bridgehead atoms. The molecule has 10 heteroatoms. The molecule has 1 N–H and O–H groups in total. The molecule has 6 atom stereocenters. The first kappa shape index (κ1) is 22.5. The van der Waals surface area contributed by atoms with Gasteiger partial charge in [0, 0.05) is 32.7 Å². The van der Waals surface area contributed by atoms with Crippen molar-refractivity contribution in [1.29, 1.82) is 0 Å². The van der Waals surface area contributed by atoms with Crippen molar-refractivity contribution in [3.8, 4) is 0 Å². The van der Waals surface area contributed by atoms with Gasteiger partial charge in [-0.25, -0.2) is 0 Å². The van der Waals surface area contributed by atoms with Gasteiger partial charge in [0.25, 0.3) is 0 Å². The van der Waals surface area contributed by atoms with Gasteiger partial charge in [0.2, 0.25) is 11.8 Å². The first-order valence-corrected chi connectivity index (χ1v) is 11.7. The number of cyclic esters (lactones) is 1. The average Bonchev–Trinajstić information content (AvgIpc) is 3.14. The number of rotatable bonds is 5. The van der Waals surface area contributed by atoms with E-state index in [9.17, 15) is 19.5 Å². The third-order valence-electron chi connectivity index (χ3n) is 7.46. The first-order chi connectivity index (χ1) is 16.0. The van der Waals surface area contributed by atoms with Crippen LogP contribution < -0.4 is 0 Å². The van der Waals surface area contributed by atoms with Gasteiger partial charge in [-0.15, -0.1) is 0 Å². The Balaban J connectivity index is 1.48. The molecule has 0 radical (unpaired) electrons. The molecule has 0 aromatic carbocycles. The molecule has 3 saturated heterocycles. The number of esters is 1. The summed E-state index contributed by atoms with van der Waals surface area (Å²) in [4.78, 5) is 45.9. The fraction of sp³-hybridized carbons (Fsp3) is 0.696. The molecule has 0 aromatic heterocycles. The number of carbonyl (C=O) groups excluding carboxylic acids is 3. The second kappa shape index (κ2) is 8.83. The van der Waals surface area contributed by atoms with Crippen LogP contribution in [0.3, 0.4) is 0 Å². The molecule has 180 valence electrons. The smallest absolute Gasteiger partial charge is 0.313 e. The van der Waals surface area contributed by atoms with Crippen LogP contribution in [-0.4, -0.2) is 121 Å². The zero-order valence-electron chi connectivity index (χ0n) is 18.8. The zero-order chi connectivity index (χ0) is 23.2. The van der Waals surface area contributed by atoms with Gasteiger partial charge in [0.05, 0.1) is 37.9 Å². The second-order valence-corrected chi connectivity index (χ2v) is 9.32. The van der Waals surface area contributed by atoms with Gasteiger partial charge in [0.15, 0.2) is 0 Å². The SMILES string of the molecule is C[C@H](CO)N1C(=O)[C@@H]2[C@@H]3C(=O)OCC=C[C@@H]3O[C@@]23C=CCN(CCN2CCOCC2)C(=O)C13. The molecular formula is C23H31N3O7. The molecule has 5 heterocycles. The maximum atomic E-state index is 13.9. The number of nitrogens with zero attached hydrogens (tertiary/aromatic N) is 3. The van der Waals surface area contributed by atoms with Crippen molar-refractivity contribution in [3.63, 3.8) is 0 Å². The van der Waals surface area contributed by atoms with Crippen LogP contribution in [0.4, 0.5) is 0 Å². The molecule has 5 aliphatic heterocycles. The number of morpholine rings is 1. The van der Waals surface area contributed by atoms with Crippen LogP contribution >= 0.6 is 0 Å². The standard InChI is InChI=1S/C23H31N3O7/c1-15(14-27)26-19-21(29)25(8-7-24-9-12-31-13-10-24)6-3-5-23(19)18(20(26)28)17-16(33-23)4-2-11-32-22(17)30/h2-5,15-19,27H,6-14H2,1H3/t15-,16+,17-,18+,19?,23+/m1/s1. The predicted octanol–water partition coefficient (Wildman–Crippen LogP) is -1.21. The van der Waals surface area contributed by atoms with E-state index in [1.807, 2.05) is 6.08 Å². The number of amides is 2. The van der Waals surface area contributed by atoms with Gasteiger partial charge >= 0.3 is 5.97 Å². The van der Waals surface area contributed by atoms with E-state index in [4.69, 9.17) is 14.2 Å². The summed E-state index contributed by atoms with van der Waals surface area (Å²) >= 11 is 0. The Morgan fingerprint density at radius 3 is 2.70 bits per heavy atom. The number of carbonyl (C=O) groups is 3. The summed E-state index contributed by atoms with van der Waals surface area (Å²) in [6.45, 7) is 6.14. The van der Waals surface area contributed by atoms with Crippen LogP contribution in [0, 0.1) is 11.8 Å². The molecule has 0 aliphatic carbocycles. The number of aliphatic hydroxyl groups is 1. The molecule has 0 aromatic rings. The van der Waals surface area contributed by atoms with E-state index >= 15 is 0 Å². The zero-order valence-corrected chi connectivity index (χ0v) is 18.8. The van der Waals surface area contributed by atoms with Crippen molar-refractivity contribution >= 4 is 17.8 Å². The van der Waals surface area contributed by atoms with Gasteiger partial charge in [-0.1, -0.05) is 18.2 Å². The van der Waals surface area contributed by atoms with Crippen LogP contribution in [0.15, 0.2) is 24.3 Å². The Bertz CT molecular complexity index is 870. The lowest BCUT2D eigenvalue weighted by atomic mass is 9.78. The Kier molecular flexibility index (Phi) is 6.02. The fourth-order valence-corrected chi connectivity index (χ4v) is 5.81. The number of hydrogen-bond acceptors (Lipinski definition) is 8. The molecule has 3 fully saturated rings. The summed E-state index contributed by atoms with van der Waals surface area (Å²) in [6.07, 6.45) is 6.49. The lowest BCUT2D eigenvalue weighted by Gasteiger charge is -2.38. The molecule has 10 nitrogen and oxygen atoms in total. The number of likely N-dealkylation sites (tertiary alicyclic amines) is 1. The van der Waals surface area contributed by atoms with Crippen LogP contribution in [0.1, 0.15) is 6.92 Å². The van der Waals surface area contributed by atoms with E-state index in [0.29, 0.717) is 32.8 Å². The quantitative estimate of drug-likeness (QED) is 0.402. The fourth-order valence-electron chi connectivity index (χ4n) is 5.81. The minimum atomic E-state index is -1.28. The molecule has 0 saturated carbocycles. The molecule has 5 aliphatic rings. The van der Waals surface area contributed by atoms with Crippen LogP contribution in [0.2, 0.25) is 0 Å². The number of ether oxygens (including phenoxy) is 3. The summed E-state index contributed by atoms with van der Waals surface area (Å²) in [5.74, 6) is -2.78. The minimum Gasteiger partial charge on any atom is -0.461 e. The topological polar surface area (TPSA) is 109 Å². The number of aliphatic hydroxyl groups excluding tert-OH is 1. The molecule has 1 unspecified atom stereocenters. The monoisotopic (exact) mass is 461 g/mol. The van der Waals surface area contributed by atoms with Crippen molar-refractivity contribution in [1.82, 2.24) is 14.7 Å². The van der Waals surface area contributed by atoms with E-state index in [1.54, 1.807) is 30.1 Å². The highest BCUT2D eigenvalue weighted by Crippen LogP contribution is 2.53. The van der Waals surface area contributed by atoms with E-state index in [-0.39, 0.29) is 25.0 Å². The predicted molar refractivity (Wildman–Crippen MR) is 115 cm³/mol. The lowest BCUT2D eigenvalue weighted by Crippen LogP contribution is -2.58. The van der Waals surface area contributed by atoms with Crippen LogP contribution in [0.25, 0.3) is 0 Å². The molecule has 5 rings (SSSR count). The summed E-state index contributed by atoms with van der Waals surface area (Å²) < 4.78 is 17.1. The molecular weight excluding hydrogens is 430 g/mol. The van der Waals surface area contributed by atoms with E-state index in [2.05, 4.69) is 4.90 Å². The summed E-state index contributed by atoms with van der Waals surface area (Å²) in [5.41, 5.74) is -1.28. The van der Waals surface area contributed by atoms with Gasteiger partial charge in [0.1, 0.15) is 24.2 Å². The van der Waals surface area contributed by atoms with Crippen molar-refractivity contribution in [3.05, 3.63) is 24.3 Å². The van der Waals surface area contributed by atoms with E-state index in [0.717, 1.165) is 13.1 Å². The third-order valence-corrected chi connectivity index (χ3v) is 7.46. The normalized spacial score (nSPS) is 37.3. The van der Waals surface area contributed by atoms with Crippen molar-refractivity contribution < 1.29 is 33.7 Å². The van der Waals surface area contributed by atoms with E-state index < -0.39 is 41.6 Å². The maximum absolute atomic E-state index is 13.9. The molecule has 1 spiro atoms. The Hall–Kier alpha value is -2.27. The first-order valence-electron chi connectivity index (χ1n) is 11.7. The van der Waals surface area contributed by atoms with Crippen molar-refractivity contribution in [2.24, 2.45) is 11.8 Å². The van der Waals surface area contributed by atoms with Crippen molar-refractivity contribution in [2.75, 3.05) is 59.2 Å². The largest absolute Gasteiger partial charge is 0.461 e. The third kappa shape index (κ3) is 3.60. The highest BCUT2D eigenvalue weighted by molar-refractivity contribution is 5.99. The Morgan fingerprint density at radius 1 is 1.15 bits per heavy atom. The second-order valence-electron chi connectivity index (χ2n) is 9.32. The van der Waals surface area contributed by atoms with Crippen LogP contribution in [0.5, 0.6) is 0 Å². The summed E-state index contributed by atoms with van der Waals surface area (Å²) in [5, 5.41) is 9.89. The molecule has 2 amide bonds. The summed E-state index contributed by atoms with van der Waals surface area (Å²) in [7, 11) is 0. The van der Waals surface area contributed by atoms with Crippen LogP contribution in [-0.2, 0) is 28.6 Å². The summed E-state index contributed by atoms with van der Waals surface area (Å²) in [6, 6.07) is -1.55. The van der Waals surface area contributed by atoms with Gasteiger partial charge < -0.3 is 29.1 Å². The van der Waals surface area contributed by atoms with Gasteiger partial charge in [-0.3, -0.25) is 19.3 Å². The van der Waals surface area contributed by atoms with Gasteiger partial charge in [-0.2, -0.15) is 0 Å². The highest BCUT2D eigenvalue weighted by Gasteiger charge is 2.72. The minimum absolute atomic E-state index is 0.132. The van der Waals surface area contributed by atoms with E-state index in [1.165, 1.54) is 4.90 Å².